The highest BCUT2D eigenvalue weighted by molar-refractivity contribution is 5.92. The van der Waals surface area contributed by atoms with E-state index in [9.17, 15) is 19.8 Å². The average molecular weight is 248 g/mol. The van der Waals surface area contributed by atoms with E-state index in [2.05, 4.69) is 0 Å². The third kappa shape index (κ3) is 0.531. The van der Waals surface area contributed by atoms with Gasteiger partial charge in [-0.3, -0.25) is 9.59 Å². The molecule has 4 heteroatoms. The van der Waals surface area contributed by atoms with E-state index >= 15 is 0 Å². The van der Waals surface area contributed by atoms with Crippen molar-refractivity contribution < 1.29 is 19.8 Å². The van der Waals surface area contributed by atoms with Gasteiger partial charge in [-0.2, -0.15) is 0 Å². The van der Waals surface area contributed by atoms with Crippen LogP contribution < -0.4 is 0 Å². The van der Waals surface area contributed by atoms with Crippen LogP contribution in [-0.2, 0) is 9.59 Å². The Hall–Kier alpha value is -1.06. The minimum atomic E-state index is -0.889. The zero-order chi connectivity index (χ0) is 12.4. The van der Waals surface area contributed by atoms with Crippen molar-refractivity contribution in [2.75, 3.05) is 0 Å². The summed E-state index contributed by atoms with van der Waals surface area (Å²) >= 11 is 0. The molecule has 6 aliphatic carbocycles. The Morgan fingerprint density at radius 1 is 0.722 bits per heavy atom. The van der Waals surface area contributed by atoms with E-state index in [1.807, 2.05) is 0 Å². The van der Waals surface area contributed by atoms with Crippen LogP contribution in [0.2, 0.25) is 0 Å². The summed E-state index contributed by atoms with van der Waals surface area (Å²) in [5.41, 5.74) is -1.78. The summed E-state index contributed by atoms with van der Waals surface area (Å²) in [7, 11) is 0. The lowest BCUT2D eigenvalue weighted by Crippen LogP contribution is -2.59. The first-order valence-electron chi connectivity index (χ1n) is 7.06. The van der Waals surface area contributed by atoms with Crippen LogP contribution in [0.1, 0.15) is 25.7 Å². The lowest BCUT2D eigenvalue weighted by atomic mass is 9.50. The van der Waals surface area contributed by atoms with E-state index in [0.717, 1.165) is 25.7 Å². The number of carboxylic acids is 2. The maximum atomic E-state index is 12.0. The van der Waals surface area contributed by atoms with Gasteiger partial charge >= 0.3 is 11.9 Å². The van der Waals surface area contributed by atoms with Gasteiger partial charge in [0.1, 0.15) is 0 Å². The SMILES string of the molecule is O=C(O)C12[C@@H]3CC[C@@H]4C3C3[C@@H]1CC[C@@H]3C42C(=O)O. The van der Waals surface area contributed by atoms with Gasteiger partial charge < -0.3 is 10.2 Å². The van der Waals surface area contributed by atoms with Crippen molar-refractivity contribution in [3.05, 3.63) is 0 Å². The van der Waals surface area contributed by atoms with E-state index in [-0.39, 0.29) is 23.7 Å². The minimum Gasteiger partial charge on any atom is -0.481 e. The second-order valence-corrected chi connectivity index (χ2v) is 7.08. The molecule has 8 bridgehead atoms. The molecule has 0 aromatic carbocycles. The van der Waals surface area contributed by atoms with Crippen LogP contribution in [0, 0.1) is 46.3 Å². The van der Waals surface area contributed by atoms with Crippen LogP contribution in [0.4, 0.5) is 0 Å². The summed E-state index contributed by atoms with van der Waals surface area (Å²) in [5.74, 6) is -0.0615. The summed E-state index contributed by atoms with van der Waals surface area (Å²) in [4.78, 5) is 24.1. The molecule has 0 amide bonds. The Morgan fingerprint density at radius 3 is 1.22 bits per heavy atom. The van der Waals surface area contributed by atoms with Crippen molar-refractivity contribution >= 4 is 11.9 Å². The first kappa shape index (κ1) is 9.82. The van der Waals surface area contributed by atoms with Crippen molar-refractivity contribution in [1.82, 2.24) is 0 Å². The maximum Gasteiger partial charge on any atom is 0.311 e. The summed E-state index contributed by atoms with van der Waals surface area (Å²) in [6, 6.07) is 0. The average Bonchev–Trinajstić information content (AvgIpc) is 3.07. The van der Waals surface area contributed by atoms with Gasteiger partial charge in [-0.1, -0.05) is 0 Å². The molecule has 4 nitrogen and oxygen atoms in total. The molecular formula is C14H16O4. The molecule has 0 aromatic rings. The number of hydrogen-bond acceptors (Lipinski definition) is 2. The van der Waals surface area contributed by atoms with Crippen LogP contribution in [-0.4, -0.2) is 22.2 Å². The summed E-state index contributed by atoms with van der Waals surface area (Å²) in [5, 5.41) is 19.8. The van der Waals surface area contributed by atoms with Crippen molar-refractivity contribution in [1.29, 1.82) is 0 Å². The molecule has 6 fully saturated rings. The molecule has 18 heavy (non-hydrogen) atoms. The Bertz CT molecular complexity index is 440. The van der Waals surface area contributed by atoms with Gasteiger partial charge in [-0.25, -0.2) is 0 Å². The number of carboxylic acid groups (broad SMARTS) is 2. The third-order valence-electron chi connectivity index (χ3n) is 7.61. The van der Waals surface area contributed by atoms with Gasteiger partial charge in [0.2, 0.25) is 0 Å². The molecule has 6 rings (SSSR count). The zero-order valence-electron chi connectivity index (χ0n) is 10.0. The number of rotatable bonds is 2. The Balaban J connectivity index is 1.88. The van der Waals surface area contributed by atoms with Gasteiger partial charge in [0.15, 0.2) is 0 Å². The predicted molar refractivity (Wildman–Crippen MR) is 59.5 cm³/mol. The van der Waals surface area contributed by atoms with E-state index < -0.39 is 22.8 Å². The van der Waals surface area contributed by atoms with Crippen LogP contribution in [0.15, 0.2) is 0 Å². The van der Waals surface area contributed by atoms with Crippen LogP contribution in [0.25, 0.3) is 0 Å². The summed E-state index contributed by atoms with van der Waals surface area (Å²) in [6.45, 7) is 0. The fourth-order valence-corrected chi connectivity index (χ4v) is 8.01. The van der Waals surface area contributed by atoms with Crippen molar-refractivity contribution in [2.45, 2.75) is 25.7 Å². The monoisotopic (exact) mass is 248 g/mol. The van der Waals surface area contributed by atoms with E-state index in [1.54, 1.807) is 0 Å². The number of carbonyl (C=O) groups is 2. The van der Waals surface area contributed by atoms with Crippen LogP contribution in [0.5, 0.6) is 0 Å². The van der Waals surface area contributed by atoms with Crippen molar-refractivity contribution in [3.63, 3.8) is 0 Å². The van der Waals surface area contributed by atoms with Gasteiger partial charge in [0.05, 0.1) is 10.8 Å². The summed E-state index contributed by atoms with van der Waals surface area (Å²) < 4.78 is 0. The normalized spacial score (nSPS) is 65.1. The first-order chi connectivity index (χ1) is 8.59. The fourth-order valence-electron chi connectivity index (χ4n) is 8.01. The highest BCUT2D eigenvalue weighted by Gasteiger charge is 2.95. The molecule has 0 saturated heterocycles. The topological polar surface area (TPSA) is 74.6 Å². The third-order valence-corrected chi connectivity index (χ3v) is 7.61. The molecule has 0 spiro atoms. The minimum absolute atomic E-state index is 0.169. The summed E-state index contributed by atoms with van der Waals surface area (Å²) in [6.07, 6.45) is 3.82. The number of hydrogen-bond donors (Lipinski definition) is 2. The molecule has 96 valence electrons. The second-order valence-electron chi connectivity index (χ2n) is 7.08. The van der Waals surface area contributed by atoms with Crippen molar-refractivity contribution in [3.8, 4) is 0 Å². The van der Waals surface area contributed by atoms with Gasteiger partial charge in [0, 0.05) is 0 Å². The lowest BCUT2D eigenvalue weighted by Gasteiger charge is -2.50. The Labute approximate surface area is 104 Å². The smallest absolute Gasteiger partial charge is 0.311 e. The fraction of sp³-hybridized carbons (Fsp3) is 0.857. The molecule has 6 atom stereocenters. The lowest BCUT2D eigenvalue weighted by molar-refractivity contribution is -0.189. The molecule has 6 aliphatic rings. The standard InChI is InChI=1S/C14H16O4/c15-11(16)13-5-1-2-6-9(5)10-7(13)3-4-8(10)14(6,13)12(17)18/h5-10H,1-4H2,(H,15,16)(H,17,18)/t5-,6-,7+,8+,9?,10?,13?,14?. The van der Waals surface area contributed by atoms with E-state index in [1.165, 1.54) is 0 Å². The quantitative estimate of drug-likeness (QED) is 0.775. The highest BCUT2D eigenvalue weighted by atomic mass is 16.4. The zero-order valence-corrected chi connectivity index (χ0v) is 10.0. The maximum absolute atomic E-state index is 12.0. The molecule has 2 unspecified atom stereocenters. The van der Waals surface area contributed by atoms with Gasteiger partial charge in [-0.15, -0.1) is 0 Å². The Morgan fingerprint density at radius 2 is 1.00 bits per heavy atom. The van der Waals surface area contributed by atoms with Crippen LogP contribution in [0.3, 0.4) is 0 Å². The molecule has 2 N–H and O–H groups in total. The van der Waals surface area contributed by atoms with E-state index in [0.29, 0.717) is 11.8 Å². The van der Waals surface area contributed by atoms with Gasteiger partial charge in [0.25, 0.3) is 0 Å². The molecule has 0 aliphatic heterocycles. The molecule has 0 heterocycles. The second kappa shape index (κ2) is 2.35. The van der Waals surface area contributed by atoms with Crippen LogP contribution >= 0.6 is 0 Å². The number of aliphatic carboxylic acids is 2. The van der Waals surface area contributed by atoms with Gasteiger partial charge in [-0.05, 0) is 61.2 Å². The predicted octanol–water partition coefficient (Wildman–Crippen LogP) is 1.45. The highest BCUT2D eigenvalue weighted by Crippen LogP contribution is 2.92. The van der Waals surface area contributed by atoms with Crippen molar-refractivity contribution in [2.24, 2.45) is 46.3 Å². The first-order valence-corrected chi connectivity index (χ1v) is 7.06. The Kier molecular flexibility index (Phi) is 1.28. The molecule has 0 aromatic heterocycles. The van der Waals surface area contributed by atoms with E-state index in [4.69, 9.17) is 0 Å². The molecular weight excluding hydrogens is 232 g/mol. The largest absolute Gasteiger partial charge is 0.481 e. The molecule has 6 saturated carbocycles. The molecule has 0 radical (unpaired) electrons.